The van der Waals surface area contributed by atoms with E-state index in [1.165, 1.54) is 11.3 Å². The van der Waals surface area contributed by atoms with Crippen molar-refractivity contribution in [2.75, 3.05) is 5.32 Å². The highest BCUT2D eigenvalue weighted by atomic mass is 35.5. The topological polar surface area (TPSA) is 68.5 Å². The van der Waals surface area contributed by atoms with Crippen LogP contribution in [0.3, 0.4) is 0 Å². The molecule has 2 aromatic heterocycles. The Balaban J connectivity index is 1.34. The highest BCUT2D eigenvalue weighted by molar-refractivity contribution is 7.99. The maximum Gasteiger partial charge on any atom is 0.268 e. The number of nitrogens with one attached hydrogen (secondary N) is 1. The first-order chi connectivity index (χ1) is 13.1. The normalized spacial score (nSPS) is 16.1. The highest BCUT2D eigenvalue weighted by Gasteiger charge is 2.29. The number of rotatable bonds is 5. The van der Waals surface area contributed by atoms with E-state index in [-0.39, 0.29) is 5.91 Å². The van der Waals surface area contributed by atoms with Gasteiger partial charge in [0.05, 0.1) is 9.21 Å². The number of halogens is 1. The van der Waals surface area contributed by atoms with Gasteiger partial charge in [-0.3, -0.25) is 4.79 Å². The zero-order chi connectivity index (χ0) is 18.8. The van der Waals surface area contributed by atoms with Gasteiger partial charge in [-0.05, 0) is 36.4 Å². The Morgan fingerprint density at radius 2 is 2.15 bits per heavy atom. The van der Waals surface area contributed by atoms with Crippen LogP contribution in [0.25, 0.3) is 0 Å². The predicted octanol–water partition coefficient (Wildman–Crippen LogP) is 4.42. The van der Waals surface area contributed by atoms with Crippen LogP contribution in [-0.2, 0) is 16.7 Å². The van der Waals surface area contributed by atoms with Crippen LogP contribution >= 0.6 is 34.7 Å². The molecule has 1 aromatic carbocycles. The number of carbonyl (C=O) groups excluding carboxylic acids is 1. The number of oxime groups is 1. The first-order valence-electron chi connectivity index (χ1n) is 8.13. The molecule has 0 saturated carbocycles. The molecular formula is C18H15ClN4O2S2. The third kappa shape index (κ3) is 4.18. The fourth-order valence-corrected chi connectivity index (χ4v) is 4.35. The second kappa shape index (κ2) is 7.75. The van der Waals surface area contributed by atoms with Crippen LogP contribution < -0.4 is 5.32 Å². The van der Waals surface area contributed by atoms with E-state index < -0.39 is 6.10 Å². The average Bonchev–Trinajstić information content (AvgIpc) is 3.38. The third-order valence-corrected chi connectivity index (χ3v) is 6.29. The summed E-state index contributed by atoms with van der Waals surface area (Å²) in [5, 5.41) is 7.80. The van der Waals surface area contributed by atoms with Gasteiger partial charge >= 0.3 is 0 Å². The molecule has 0 spiro atoms. The number of imidazole rings is 1. The molecule has 0 fully saturated rings. The molecule has 1 atom stereocenters. The van der Waals surface area contributed by atoms with Gasteiger partial charge in [-0.15, -0.1) is 11.3 Å². The maximum absolute atomic E-state index is 12.4. The molecule has 3 heterocycles. The summed E-state index contributed by atoms with van der Waals surface area (Å²) in [6, 6.07) is 11.3. The van der Waals surface area contributed by atoms with Crippen molar-refractivity contribution in [2.24, 2.45) is 12.2 Å². The molecule has 3 aromatic rings. The Bertz CT molecular complexity index is 997. The van der Waals surface area contributed by atoms with Crippen molar-refractivity contribution in [3.63, 3.8) is 0 Å². The van der Waals surface area contributed by atoms with Gasteiger partial charge in [-0.1, -0.05) is 28.5 Å². The van der Waals surface area contributed by atoms with Gasteiger partial charge in [0.15, 0.2) is 5.16 Å². The van der Waals surface area contributed by atoms with Crippen molar-refractivity contribution < 1.29 is 9.63 Å². The molecule has 1 amide bonds. The van der Waals surface area contributed by atoms with Crippen molar-refractivity contribution in [1.29, 1.82) is 0 Å². The van der Waals surface area contributed by atoms with Gasteiger partial charge in [0.1, 0.15) is 5.71 Å². The quantitative estimate of drug-likeness (QED) is 0.666. The number of aryl methyl sites for hydroxylation is 1. The fourth-order valence-electron chi connectivity index (χ4n) is 2.52. The van der Waals surface area contributed by atoms with Crippen LogP contribution in [-0.4, -0.2) is 27.3 Å². The molecular weight excluding hydrogens is 404 g/mol. The second-order valence-electron chi connectivity index (χ2n) is 5.88. The molecule has 27 heavy (non-hydrogen) atoms. The summed E-state index contributed by atoms with van der Waals surface area (Å²) in [4.78, 5) is 24.0. The molecule has 1 aliphatic rings. The number of benzene rings is 1. The summed E-state index contributed by atoms with van der Waals surface area (Å²) < 4.78 is 2.64. The summed E-state index contributed by atoms with van der Waals surface area (Å²) in [6.45, 7) is 0. The Morgan fingerprint density at radius 3 is 2.81 bits per heavy atom. The first kappa shape index (κ1) is 18.1. The van der Waals surface area contributed by atoms with Crippen molar-refractivity contribution in [3.8, 4) is 0 Å². The number of carbonyl (C=O) groups is 1. The van der Waals surface area contributed by atoms with E-state index in [4.69, 9.17) is 16.4 Å². The van der Waals surface area contributed by atoms with Crippen LogP contribution in [0.15, 0.2) is 64.0 Å². The smallest absolute Gasteiger partial charge is 0.268 e. The van der Waals surface area contributed by atoms with Gasteiger partial charge in [-0.2, -0.15) is 0 Å². The van der Waals surface area contributed by atoms with Gasteiger partial charge < -0.3 is 14.7 Å². The van der Waals surface area contributed by atoms with Crippen LogP contribution in [0.1, 0.15) is 11.3 Å². The third-order valence-electron chi connectivity index (χ3n) is 3.93. The molecule has 0 saturated heterocycles. The molecule has 1 aliphatic heterocycles. The van der Waals surface area contributed by atoms with Crippen molar-refractivity contribution >= 4 is 52.0 Å². The van der Waals surface area contributed by atoms with E-state index in [1.54, 1.807) is 18.0 Å². The minimum absolute atomic E-state index is 0.221. The van der Waals surface area contributed by atoms with Gasteiger partial charge in [0.25, 0.3) is 5.91 Å². The van der Waals surface area contributed by atoms with E-state index in [2.05, 4.69) is 15.5 Å². The minimum atomic E-state index is -0.637. The Hall–Kier alpha value is -2.29. The van der Waals surface area contributed by atoms with Gasteiger partial charge in [0, 0.05) is 36.4 Å². The minimum Gasteiger partial charge on any atom is -0.382 e. The monoisotopic (exact) mass is 418 g/mol. The summed E-state index contributed by atoms with van der Waals surface area (Å²) in [5.41, 5.74) is 1.45. The van der Waals surface area contributed by atoms with E-state index in [0.717, 1.165) is 20.6 Å². The molecule has 4 rings (SSSR count). The lowest BCUT2D eigenvalue weighted by Crippen LogP contribution is -2.27. The molecule has 138 valence electrons. The summed E-state index contributed by atoms with van der Waals surface area (Å²) in [5.74, 6) is -0.221. The number of hydrogen-bond acceptors (Lipinski definition) is 6. The number of anilines is 1. The fraction of sp³-hybridized carbons (Fsp3) is 0.167. The maximum atomic E-state index is 12.4. The number of thiophene rings is 1. The predicted molar refractivity (Wildman–Crippen MR) is 108 cm³/mol. The second-order valence-corrected chi connectivity index (χ2v) is 8.63. The molecule has 9 heteroatoms. The van der Waals surface area contributed by atoms with Crippen LogP contribution in [0.5, 0.6) is 0 Å². The zero-order valence-electron chi connectivity index (χ0n) is 14.3. The Morgan fingerprint density at radius 1 is 1.33 bits per heavy atom. The average molecular weight is 419 g/mol. The van der Waals surface area contributed by atoms with E-state index in [1.807, 2.05) is 54.2 Å². The lowest BCUT2D eigenvalue weighted by atomic mass is 10.1. The molecule has 1 N–H and O–H groups in total. The zero-order valence-corrected chi connectivity index (χ0v) is 16.6. The molecule has 0 radical (unpaired) electrons. The van der Waals surface area contributed by atoms with E-state index in [0.29, 0.717) is 16.4 Å². The SMILES string of the molecule is Cn1ccnc1Sc1ccc(NC(=O)C2CC(c3ccc(Cl)s3)=NO2)cc1. The number of hydrogen-bond donors (Lipinski definition) is 1. The molecule has 6 nitrogen and oxygen atoms in total. The van der Waals surface area contributed by atoms with E-state index in [9.17, 15) is 4.79 Å². The largest absolute Gasteiger partial charge is 0.382 e. The Labute approximate surface area is 169 Å². The molecule has 1 unspecified atom stereocenters. The number of nitrogens with zero attached hydrogens (tertiary/aromatic N) is 3. The van der Waals surface area contributed by atoms with Crippen LogP contribution in [0, 0.1) is 0 Å². The highest BCUT2D eigenvalue weighted by Crippen LogP contribution is 2.28. The summed E-state index contributed by atoms with van der Waals surface area (Å²) in [7, 11) is 1.95. The Kier molecular flexibility index (Phi) is 5.20. The van der Waals surface area contributed by atoms with Gasteiger partial charge in [-0.25, -0.2) is 4.98 Å². The first-order valence-corrected chi connectivity index (χ1v) is 10.1. The van der Waals surface area contributed by atoms with Crippen LogP contribution in [0.2, 0.25) is 4.34 Å². The lowest BCUT2D eigenvalue weighted by molar-refractivity contribution is -0.125. The van der Waals surface area contributed by atoms with E-state index >= 15 is 0 Å². The molecule has 0 aliphatic carbocycles. The van der Waals surface area contributed by atoms with Crippen LogP contribution in [0.4, 0.5) is 5.69 Å². The summed E-state index contributed by atoms with van der Waals surface area (Å²) in [6.07, 6.45) is 3.45. The van der Waals surface area contributed by atoms with Crippen molar-refractivity contribution in [2.45, 2.75) is 22.6 Å². The lowest BCUT2D eigenvalue weighted by Gasteiger charge is -2.10. The van der Waals surface area contributed by atoms with Gasteiger partial charge in [0.2, 0.25) is 6.10 Å². The standard InChI is InChI=1S/C18H15ClN4O2S2/c1-23-9-8-20-18(23)26-12-4-2-11(3-5-12)21-17(24)14-10-13(22-25-14)15-6-7-16(19)27-15/h2-9,14H,10H2,1H3,(H,21,24). The number of amides is 1. The molecule has 0 bridgehead atoms. The number of aromatic nitrogens is 2. The summed E-state index contributed by atoms with van der Waals surface area (Å²) >= 11 is 8.93. The van der Waals surface area contributed by atoms with Crippen molar-refractivity contribution in [1.82, 2.24) is 9.55 Å². The van der Waals surface area contributed by atoms with Crippen molar-refractivity contribution in [3.05, 3.63) is 58.0 Å².